The van der Waals surface area contributed by atoms with Crippen molar-refractivity contribution in [2.75, 3.05) is 0 Å². The third kappa shape index (κ3) is 2.13. The van der Waals surface area contributed by atoms with E-state index in [1.807, 2.05) is 13.8 Å². The Kier molecular flexibility index (Phi) is 2.77. The second kappa shape index (κ2) is 3.83. The first-order chi connectivity index (χ1) is 6.15. The minimum atomic E-state index is 0.180. The highest BCUT2D eigenvalue weighted by Gasteiger charge is 2.05. The fourth-order valence-electron chi connectivity index (χ4n) is 1.13. The van der Waals surface area contributed by atoms with Gasteiger partial charge in [-0.3, -0.25) is 0 Å². The molecular formula is C9H11N3O. The Hall–Kier alpha value is -1.67. The van der Waals surface area contributed by atoms with E-state index in [0.29, 0.717) is 5.69 Å². The van der Waals surface area contributed by atoms with E-state index in [4.69, 9.17) is 5.53 Å². The standard InChI is InChI=1S/C9H11N3O/c1-6(2)8-4-3-7(11-12-10)5-9(8)13/h3-6,13H,1-2H3. The lowest BCUT2D eigenvalue weighted by atomic mass is 10.0. The summed E-state index contributed by atoms with van der Waals surface area (Å²) < 4.78 is 0. The van der Waals surface area contributed by atoms with Crippen LogP contribution in [-0.2, 0) is 0 Å². The molecule has 0 aliphatic rings. The number of hydrogen-bond acceptors (Lipinski definition) is 2. The summed E-state index contributed by atoms with van der Waals surface area (Å²) in [5, 5.41) is 12.9. The predicted octanol–water partition coefficient (Wildman–Crippen LogP) is 3.46. The third-order valence-electron chi connectivity index (χ3n) is 1.80. The second-order valence-corrected chi connectivity index (χ2v) is 3.09. The van der Waals surface area contributed by atoms with Gasteiger partial charge in [-0.2, -0.15) is 0 Å². The summed E-state index contributed by atoms with van der Waals surface area (Å²) in [7, 11) is 0. The Morgan fingerprint density at radius 3 is 2.62 bits per heavy atom. The summed E-state index contributed by atoms with van der Waals surface area (Å²) in [5.74, 6) is 0.444. The highest BCUT2D eigenvalue weighted by molar-refractivity contribution is 5.48. The molecule has 4 heteroatoms. The normalized spacial score (nSPS) is 9.77. The molecule has 0 bridgehead atoms. The zero-order valence-electron chi connectivity index (χ0n) is 7.60. The van der Waals surface area contributed by atoms with Crippen LogP contribution in [0.15, 0.2) is 23.3 Å². The van der Waals surface area contributed by atoms with Crippen LogP contribution < -0.4 is 0 Å². The van der Waals surface area contributed by atoms with Gasteiger partial charge in [-0.1, -0.05) is 31.1 Å². The van der Waals surface area contributed by atoms with Gasteiger partial charge in [-0.25, -0.2) is 0 Å². The first-order valence-corrected chi connectivity index (χ1v) is 4.03. The van der Waals surface area contributed by atoms with Crippen molar-refractivity contribution in [1.82, 2.24) is 0 Å². The molecule has 68 valence electrons. The number of azide groups is 1. The lowest BCUT2D eigenvalue weighted by Gasteiger charge is -2.07. The van der Waals surface area contributed by atoms with Gasteiger partial charge in [0.1, 0.15) is 5.75 Å². The summed E-state index contributed by atoms with van der Waals surface area (Å²) in [6, 6.07) is 4.92. The fourth-order valence-corrected chi connectivity index (χ4v) is 1.13. The molecule has 0 atom stereocenters. The monoisotopic (exact) mass is 177 g/mol. The first kappa shape index (κ1) is 9.42. The van der Waals surface area contributed by atoms with Crippen LogP contribution in [0.25, 0.3) is 10.4 Å². The molecule has 0 unspecified atom stereocenters. The maximum absolute atomic E-state index is 9.51. The van der Waals surface area contributed by atoms with Gasteiger partial charge in [0.05, 0.1) is 0 Å². The number of benzene rings is 1. The molecule has 0 amide bonds. The SMILES string of the molecule is CC(C)c1ccc(N=[N+]=[N-])cc1O. The molecule has 0 aromatic heterocycles. The molecule has 1 rings (SSSR count). The van der Waals surface area contributed by atoms with Crippen LogP contribution in [0.2, 0.25) is 0 Å². The van der Waals surface area contributed by atoms with Crippen LogP contribution in [0.1, 0.15) is 25.3 Å². The van der Waals surface area contributed by atoms with Crippen molar-refractivity contribution in [1.29, 1.82) is 0 Å². The van der Waals surface area contributed by atoms with Crippen molar-refractivity contribution in [3.05, 3.63) is 34.2 Å². The van der Waals surface area contributed by atoms with Crippen molar-refractivity contribution >= 4 is 5.69 Å². The highest BCUT2D eigenvalue weighted by Crippen LogP contribution is 2.29. The van der Waals surface area contributed by atoms with Gasteiger partial charge in [0, 0.05) is 10.6 Å². The van der Waals surface area contributed by atoms with E-state index in [-0.39, 0.29) is 11.7 Å². The Labute approximate surface area is 76.5 Å². The molecule has 0 heterocycles. The van der Waals surface area contributed by atoms with Gasteiger partial charge >= 0.3 is 0 Å². The zero-order valence-corrected chi connectivity index (χ0v) is 7.60. The Morgan fingerprint density at radius 2 is 2.15 bits per heavy atom. The predicted molar refractivity (Wildman–Crippen MR) is 51.0 cm³/mol. The number of phenolic OH excluding ortho intramolecular Hbond substituents is 1. The molecular weight excluding hydrogens is 166 g/mol. The van der Waals surface area contributed by atoms with E-state index < -0.39 is 0 Å². The van der Waals surface area contributed by atoms with Crippen molar-refractivity contribution < 1.29 is 5.11 Å². The van der Waals surface area contributed by atoms with Crippen molar-refractivity contribution in [3.8, 4) is 5.75 Å². The molecule has 0 saturated heterocycles. The third-order valence-corrected chi connectivity index (χ3v) is 1.80. The van der Waals surface area contributed by atoms with Crippen LogP contribution in [-0.4, -0.2) is 5.11 Å². The molecule has 0 aliphatic heterocycles. The summed E-state index contributed by atoms with van der Waals surface area (Å²) in [4.78, 5) is 2.64. The molecule has 4 nitrogen and oxygen atoms in total. The first-order valence-electron chi connectivity index (χ1n) is 4.03. The van der Waals surface area contributed by atoms with E-state index in [1.165, 1.54) is 6.07 Å². The summed E-state index contributed by atoms with van der Waals surface area (Å²) in [5.41, 5.74) is 9.46. The van der Waals surface area contributed by atoms with Crippen molar-refractivity contribution in [2.24, 2.45) is 5.11 Å². The molecule has 13 heavy (non-hydrogen) atoms. The molecule has 0 aliphatic carbocycles. The lowest BCUT2D eigenvalue weighted by Crippen LogP contribution is -1.86. The fraction of sp³-hybridized carbons (Fsp3) is 0.333. The number of phenols is 1. The molecule has 0 radical (unpaired) electrons. The maximum atomic E-state index is 9.51. The zero-order chi connectivity index (χ0) is 9.84. The van der Waals surface area contributed by atoms with Crippen LogP contribution in [0.3, 0.4) is 0 Å². The molecule has 0 fully saturated rings. The Bertz CT molecular complexity index is 354. The van der Waals surface area contributed by atoms with Crippen LogP contribution in [0.5, 0.6) is 5.75 Å². The quantitative estimate of drug-likeness (QED) is 0.419. The molecule has 1 N–H and O–H groups in total. The second-order valence-electron chi connectivity index (χ2n) is 3.09. The average molecular weight is 177 g/mol. The lowest BCUT2D eigenvalue weighted by molar-refractivity contribution is 0.465. The molecule has 1 aromatic rings. The number of rotatable bonds is 2. The average Bonchev–Trinajstić information content (AvgIpc) is 2.04. The number of nitrogens with zero attached hydrogens (tertiary/aromatic N) is 3. The van der Waals surface area contributed by atoms with Crippen LogP contribution in [0.4, 0.5) is 5.69 Å². The van der Waals surface area contributed by atoms with Gasteiger partial charge < -0.3 is 5.11 Å². The van der Waals surface area contributed by atoms with Gasteiger partial charge in [0.25, 0.3) is 0 Å². The van der Waals surface area contributed by atoms with Crippen molar-refractivity contribution in [2.45, 2.75) is 19.8 Å². The molecule has 0 spiro atoms. The van der Waals surface area contributed by atoms with Crippen molar-refractivity contribution in [3.63, 3.8) is 0 Å². The Morgan fingerprint density at radius 1 is 1.46 bits per heavy atom. The maximum Gasteiger partial charge on any atom is 0.119 e. The summed E-state index contributed by atoms with van der Waals surface area (Å²) in [6.45, 7) is 3.98. The minimum absolute atomic E-state index is 0.180. The minimum Gasteiger partial charge on any atom is -0.508 e. The molecule has 0 saturated carbocycles. The van der Waals surface area contributed by atoms with Gasteiger partial charge in [0.2, 0.25) is 0 Å². The van der Waals surface area contributed by atoms with E-state index in [1.54, 1.807) is 12.1 Å². The van der Waals surface area contributed by atoms with E-state index in [0.717, 1.165) is 5.56 Å². The molecule has 1 aromatic carbocycles. The smallest absolute Gasteiger partial charge is 0.119 e. The topological polar surface area (TPSA) is 69.0 Å². The van der Waals surface area contributed by atoms with Gasteiger partial charge in [-0.15, -0.1) is 0 Å². The van der Waals surface area contributed by atoms with Gasteiger partial charge in [0.15, 0.2) is 0 Å². The summed E-state index contributed by atoms with van der Waals surface area (Å²) >= 11 is 0. The van der Waals surface area contributed by atoms with E-state index in [9.17, 15) is 5.11 Å². The van der Waals surface area contributed by atoms with E-state index in [2.05, 4.69) is 10.0 Å². The number of aromatic hydroxyl groups is 1. The number of hydrogen-bond donors (Lipinski definition) is 1. The van der Waals surface area contributed by atoms with Gasteiger partial charge in [-0.05, 0) is 23.1 Å². The van der Waals surface area contributed by atoms with Crippen LogP contribution >= 0.6 is 0 Å². The summed E-state index contributed by atoms with van der Waals surface area (Å²) in [6.07, 6.45) is 0. The van der Waals surface area contributed by atoms with E-state index >= 15 is 0 Å². The highest BCUT2D eigenvalue weighted by atomic mass is 16.3. The largest absolute Gasteiger partial charge is 0.508 e. The Balaban J connectivity index is 3.12. The van der Waals surface area contributed by atoms with Crippen LogP contribution in [0, 0.1) is 0 Å².